The lowest BCUT2D eigenvalue weighted by Crippen LogP contribution is -2.21. The Labute approximate surface area is 185 Å². The Morgan fingerprint density at radius 3 is 2.65 bits per heavy atom. The van der Waals surface area contributed by atoms with Gasteiger partial charge in [0.15, 0.2) is 0 Å². The van der Waals surface area contributed by atoms with Crippen molar-refractivity contribution in [2.45, 2.75) is 58.0 Å². The van der Waals surface area contributed by atoms with Gasteiger partial charge in [0.25, 0.3) is 0 Å². The third-order valence-electron chi connectivity index (χ3n) is 5.70. The SMILES string of the molecule is CCCOC(=O)c1ccc(CCCC2C(O)CC(=O)[C@@H]2CCc2cc(O)nc(O)c2)s1. The summed E-state index contributed by atoms with van der Waals surface area (Å²) >= 11 is 1.43. The maximum atomic E-state index is 12.4. The van der Waals surface area contributed by atoms with Gasteiger partial charge in [0.05, 0.1) is 12.7 Å². The molecule has 0 amide bonds. The van der Waals surface area contributed by atoms with E-state index in [4.69, 9.17) is 4.74 Å². The summed E-state index contributed by atoms with van der Waals surface area (Å²) in [4.78, 5) is 29.6. The number of carbonyl (C=O) groups excluding carboxylic acids is 2. The minimum Gasteiger partial charge on any atom is -0.493 e. The number of ether oxygens (including phenoxy) is 1. The lowest BCUT2D eigenvalue weighted by molar-refractivity contribution is -0.121. The molecule has 0 spiro atoms. The molecule has 2 unspecified atom stereocenters. The number of Topliss-reactive ketones (excluding diaryl/α,β-unsaturated/α-hetero) is 1. The van der Waals surface area contributed by atoms with Gasteiger partial charge in [0.1, 0.15) is 10.7 Å². The van der Waals surface area contributed by atoms with E-state index < -0.39 is 6.10 Å². The fourth-order valence-corrected chi connectivity index (χ4v) is 5.15. The largest absolute Gasteiger partial charge is 0.493 e. The van der Waals surface area contributed by atoms with Gasteiger partial charge < -0.3 is 20.1 Å². The van der Waals surface area contributed by atoms with Crippen molar-refractivity contribution in [3.63, 3.8) is 0 Å². The van der Waals surface area contributed by atoms with Crippen LogP contribution in [0.3, 0.4) is 0 Å². The number of esters is 1. The summed E-state index contributed by atoms with van der Waals surface area (Å²) in [5, 5.41) is 29.5. The maximum Gasteiger partial charge on any atom is 0.348 e. The second-order valence-electron chi connectivity index (χ2n) is 8.03. The molecule has 7 nitrogen and oxygen atoms in total. The van der Waals surface area contributed by atoms with Gasteiger partial charge in [0.2, 0.25) is 11.8 Å². The van der Waals surface area contributed by atoms with Crippen molar-refractivity contribution in [2.24, 2.45) is 11.8 Å². The van der Waals surface area contributed by atoms with Crippen LogP contribution in [-0.4, -0.2) is 44.8 Å². The highest BCUT2D eigenvalue weighted by Gasteiger charge is 2.40. The van der Waals surface area contributed by atoms with E-state index in [1.54, 1.807) is 6.07 Å². The van der Waals surface area contributed by atoms with E-state index in [-0.39, 0.29) is 41.8 Å². The molecule has 1 aliphatic rings. The number of thiophene rings is 1. The van der Waals surface area contributed by atoms with Crippen molar-refractivity contribution in [1.29, 1.82) is 0 Å². The van der Waals surface area contributed by atoms with Crippen molar-refractivity contribution in [1.82, 2.24) is 4.98 Å². The van der Waals surface area contributed by atoms with Crippen molar-refractivity contribution >= 4 is 23.1 Å². The molecule has 168 valence electrons. The summed E-state index contributed by atoms with van der Waals surface area (Å²) in [6.45, 7) is 2.37. The number of aromatic nitrogens is 1. The molecule has 1 saturated carbocycles. The summed E-state index contributed by atoms with van der Waals surface area (Å²) in [6.07, 6.45) is 3.70. The normalized spacial score (nSPS) is 20.8. The third-order valence-corrected chi connectivity index (χ3v) is 6.82. The molecular weight excluding hydrogens is 418 g/mol. The van der Waals surface area contributed by atoms with Crippen LogP contribution in [0.5, 0.6) is 11.8 Å². The highest BCUT2D eigenvalue weighted by molar-refractivity contribution is 7.13. The first-order valence-electron chi connectivity index (χ1n) is 10.7. The Balaban J connectivity index is 1.52. The van der Waals surface area contributed by atoms with Gasteiger partial charge in [-0.25, -0.2) is 4.79 Å². The molecule has 0 saturated heterocycles. The molecule has 2 heterocycles. The highest BCUT2D eigenvalue weighted by atomic mass is 32.1. The molecule has 3 rings (SSSR count). The average molecular weight is 448 g/mol. The maximum absolute atomic E-state index is 12.4. The van der Waals surface area contributed by atoms with E-state index in [1.165, 1.54) is 23.5 Å². The van der Waals surface area contributed by atoms with Crippen LogP contribution >= 0.6 is 11.3 Å². The summed E-state index contributed by atoms with van der Waals surface area (Å²) in [6, 6.07) is 6.67. The van der Waals surface area contributed by atoms with Gasteiger partial charge in [-0.2, -0.15) is 4.98 Å². The fraction of sp³-hybridized carbons (Fsp3) is 0.522. The van der Waals surface area contributed by atoms with E-state index >= 15 is 0 Å². The molecule has 3 atom stereocenters. The minimum atomic E-state index is -0.639. The van der Waals surface area contributed by atoms with Crippen LogP contribution in [-0.2, 0) is 22.4 Å². The number of nitrogens with zero attached hydrogens (tertiary/aromatic N) is 1. The predicted molar refractivity (Wildman–Crippen MR) is 116 cm³/mol. The van der Waals surface area contributed by atoms with Crippen LogP contribution in [0.15, 0.2) is 24.3 Å². The molecule has 0 aromatic carbocycles. The van der Waals surface area contributed by atoms with Crippen LogP contribution < -0.4 is 0 Å². The van der Waals surface area contributed by atoms with Gasteiger partial charge in [-0.3, -0.25) is 4.79 Å². The fourth-order valence-electron chi connectivity index (χ4n) is 4.21. The van der Waals surface area contributed by atoms with Crippen molar-refractivity contribution in [2.75, 3.05) is 6.61 Å². The van der Waals surface area contributed by atoms with Crippen LogP contribution in [0.2, 0.25) is 0 Å². The number of aryl methyl sites for hydroxylation is 2. The Kier molecular flexibility index (Phi) is 8.03. The number of hydrogen-bond donors (Lipinski definition) is 3. The Hall–Kier alpha value is -2.45. The summed E-state index contributed by atoms with van der Waals surface area (Å²) in [5.41, 5.74) is 0.707. The van der Waals surface area contributed by atoms with Crippen molar-refractivity contribution in [3.05, 3.63) is 39.6 Å². The quantitative estimate of drug-likeness (QED) is 0.476. The molecule has 0 radical (unpaired) electrons. The van der Waals surface area contributed by atoms with E-state index in [9.17, 15) is 24.9 Å². The first kappa shape index (κ1) is 23.2. The second-order valence-corrected chi connectivity index (χ2v) is 9.20. The monoisotopic (exact) mass is 447 g/mol. The Bertz CT molecular complexity index is 891. The van der Waals surface area contributed by atoms with E-state index in [2.05, 4.69) is 4.98 Å². The van der Waals surface area contributed by atoms with E-state index in [0.717, 1.165) is 30.6 Å². The Morgan fingerprint density at radius 2 is 1.94 bits per heavy atom. The predicted octanol–water partition coefficient (Wildman–Crippen LogP) is 3.64. The number of aliphatic hydroxyl groups excluding tert-OH is 1. The standard InChI is InChI=1S/C23H29NO6S/c1-2-10-30-23(29)20-9-7-15(31-20)4-3-5-16-17(19(26)13-18(16)25)8-6-14-11-21(27)24-22(28)12-14/h7,9,11-12,16-18,25H,2-6,8,10,13H2,1H3,(H2,24,27,28)/t16?,17-,18?/m1/s1. The number of pyridine rings is 1. The lowest BCUT2D eigenvalue weighted by Gasteiger charge is -2.21. The summed E-state index contributed by atoms with van der Waals surface area (Å²) < 4.78 is 5.16. The number of aliphatic hydroxyl groups is 1. The van der Waals surface area contributed by atoms with E-state index in [0.29, 0.717) is 29.9 Å². The van der Waals surface area contributed by atoms with Gasteiger partial charge in [-0.05, 0) is 62.1 Å². The van der Waals surface area contributed by atoms with Gasteiger partial charge in [-0.1, -0.05) is 6.92 Å². The average Bonchev–Trinajstić information content (AvgIpc) is 3.28. The molecule has 31 heavy (non-hydrogen) atoms. The van der Waals surface area contributed by atoms with Gasteiger partial charge in [-0.15, -0.1) is 11.3 Å². The Morgan fingerprint density at radius 1 is 1.19 bits per heavy atom. The molecular formula is C23H29NO6S. The number of rotatable bonds is 10. The second kappa shape index (κ2) is 10.7. The third kappa shape index (κ3) is 6.27. The number of aromatic hydroxyl groups is 2. The number of carbonyl (C=O) groups is 2. The van der Waals surface area contributed by atoms with Crippen LogP contribution in [0, 0.1) is 11.8 Å². The van der Waals surface area contributed by atoms with Crippen LogP contribution in [0.25, 0.3) is 0 Å². The first-order valence-corrected chi connectivity index (χ1v) is 11.5. The molecule has 2 aromatic rings. The number of ketones is 1. The zero-order valence-electron chi connectivity index (χ0n) is 17.6. The number of hydrogen-bond acceptors (Lipinski definition) is 8. The molecule has 0 bridgehead atoms. The summed E-state index contributed by atoms with van der Waals surface area (Å²) in [5.74, 6) is -1.07. The minimum absolute atomic E-state index is 0.0667. The molecule has 0 aliphatic heterocycles. The van der Waals surface area contributed by atoms with Gasteiger partial charge in [0, 0.05) is 29.3 Å². The van der Waals surface area contributed by atoms with Gasteiger partial charge >= 0.3 is 5.97 Å². The molecule has 3 N–H and O–H groups in total. The topological polar surface area (TPSA) is 117 Å². The lowest BCUT2D eigenvalue weighted by atomic mass is 9.85. The first-order chi connectivity index (χ1) is 14.9. The molecule has 1 fully saturated rings. The molecule has 1 aliphatic carbocycles. The van der Waals surface area contributed by atoms with Crippen molar-refractivity contribution < 1.29 is 29.6 Å². The molecule has 8 heteroatoms. The van der Waals surface area contributed by atoms with E-state index in [1.807, 2.05) is 13.0 Å². The van der Waals surface area contributed by atoms with Crippen LogP contribution in [0.1, 0.15) is 59.1 Å². The smallest absolute Gasteiger partial charge is 0.348 e. The van der Waals surface area contributed by atoms with Crippen molar-refractivity contribution in [3.8, 4) is 11.8 Å². The zero-order chi connectivity index (χ0) is 22.4. The highest BCUT2D eigenvalue weighted by Crippen LogP contribution is 2.36. The van der Waals surface area contributed by atoms with Crippen LogP contribution in [0.4, 0.5) is 0 Å². The summed E-state index contributed by atoms with van der Waals surface area (Å²) in [7, 11) is 0. The zero-order valence-corrected chi connectivity index (χ0v) is 18.4. The molecule has 2 aromatic heterocycles.